The molecule has 2 N–H and O–H groups in total. The van der Waals surface area contributed by atoms with Crippen molar-refractivity contribution in [3.8, 4) is 5.75 Å². The third-order valence-corrected chi connectivity index (χ3v) is 4.18. The minimum absolute atomic E-state index is 0.0619. The zero-order chi connectivity index (χ0) is 20.5. The molecular formula is C23H26N4O2. The number of aromatic nitrogens is 2. The summed E-state index contributed by atoms with van der Waals surface area (Å²) in [5.74, 6) is 0.963. The van der Waals surface area contributed by atoms with Gasteiger partial charge in [-0.15, -0.1) is 0 Å². The van der Waals surface area contributed by atoms with Crippen LogP contribution in [-0.2, 0) is 6.42 Å². The second kappa shape index (κ2) is 10.2. The Bertz CT molecular complexity index is 912. The van der Waals surface area contributed by atoms with Crippen LogP contribution >= 0.6 is 0 Å². The van der Waals surface area contributed by atoms with Gasteiger partial charge in [-0.25, -0.2) is 9.97 Å². The summed E-state index contributed by atoms with van der Waals surface area (Å²) in [6, 6.07) is 17.8. The first kappa shape index (κ1) is 20.3. The standard InChI is InChI=1S/C23H26N4O2/c1-17(2)29-21-13-7-6-12-20(21)27-23-25-15-19(16-26-23)22(28)24-14-8-11-18-9-4-3-5-10-18/h3-7,9-10,12-13,15-17H,8,11,14H2,1-2H3,(H,24,28)(H,25,26,27). The second-order valence-corrected chi connectivity index (χ2v) is 6.93. The van der Waals surface area contributed by atoms with Gasteiger partial charge in [0, 0.05) is 18.9 Å². The fourth-order valence-corrected chi connectivity index (χ4v) is 2.80. The van der Waals surface area contributed by atoms with E-state index < -0.39 is 0 Å². The summed E-state index contributed by atoms with van der Waals surface area (Å²) < 4.78 is 5.78. The Morgan fingerprint density at radius 2 is 1.69 bits per heavy atom. The monoisotopic (exact) mass is 390 g/mol. The first-order chi connectivity index (χ1) is 14.1. The van der Waals surface area contributed by atoms with E-state index in [2.05, 4.69) is 32.7 Å². The van der Waals surface area contributed by atoms with Gasteiger partial charge in [-0.1, -0.05) is 42.5 Å². The van der Waals surface area contributed by atoms with E-state index >= 15 is 0 Å². The molecule has 150 valence electrons. The largest absolute Gasteiger partial charge is 0.489 e. The molecule has 0 aliphatic rings. The van der Waals surface area contributed by atoms with Gasteiger partial charge < -0.3 is 15.4 Å². The number of nitrogens with zero attached hydrogens (tertiary/aromatic N) is 2. The van der Waals surface area contributed by atoms with Crippen LogP contribution in [0.4, 0.5) is 11.6 Å². The van der Waals surface area contributed by atoms with Gasteiger partial charge in [0.05, 0.1) is 17.4 Å². The lowest BCUT2D eigenvalue weighted by Gasteiger charge is -2.14. The number of amides is 1. The minimum Gasteiger partial charge on any atom is -0.489 e. The van der Waals surface area contributed by atoms with E-state index in [1.54, 1.807) is 0 Å². The van der Waals surface area contributed by atoms with Gasteiger partial charge >= 0.3 is 0 Å². The van der Waals surface area contributed by atoms with Gasteiger partial charge in [0.1, 0.15) is 5.75 Å². The summed E-state index contributed by atoms with van der Waals surface area (Å²) >= 11 is 0. The molecule has 3 aromatic rings. The van der Waals surface area contributed by atoms with Gasteiger partial charge in [-0.3, -0.25) is 4.79 Å². The molecule has 0 saturated carbocycles. The highest BCUT2D eigenvalue weighted by molar-refractivity contribution is 5.93. The van der Waals surface area contributed by atoms with Crippen LogP contribution in [-0.4, -0.2) is 28.5 Å². The maximum absolute atomic E-state index is 12.3. The van der Waals surface area contributed by atoms with E-state index in [9.17, 15) is 4.79 Å². The van der Waals surface area contributed by atoms with E-state index in [0.29, 0.717) is 18.1 Å². The van der Waals surface area contributed by atoms with Crippen molar-refractivity contribution in [3.05, 3.63) is 78.1 Å². The second-order valence-electron chi connectivity index (χ2n) is 6.93. The molecule has 0 unspecified atom stereocenters. The predicted octanol–water partition coefficient (Wildman–Crippen LogP) is 4.37. The summed E-state index contributed by atoms with van der Waals surface area (Å²) in [5, 5.41) is 6.05. The lowest BCUT2D eigenvalue weighted by molar-refractivity contribution is 0.0952. The average Bonchev–Trinajstić information content (AvgIpc) is 2.73. The Morgan fingerprint density at radius 3 is 2.41 bits per heavy atom. The molecule has 6 heteroatoms. The molecule has 0 bridgehead atoms. The predicted molar refractivity (Wildman–Crippen MR) is 115 cm³/mol. The molecule has 0 spiro atoms. The lowest BCUT2D eigenvalue weighted by Crippen LogP contribution is -2.25. The van der Waals surface area contributed by atoms with E-state index in [0.717, 1.165) is 24.3 Å². The van der Waals surface area contributed by atoms with Crippen molar-refractivity contribution in [2.45, 2.75) is 32.8 Å². The molecule has 1 aromatic heterocycles. The molecule has 0 radical (unpaired) electrons. The Kier molecular flexibility index (Phi) is 7.16. The molecule has 0 saturated heterocycles. The highest BCUT2D eigenvalue weighted by Crippen LogP contribution is 2.26. The molecule has 29 heavy (non-hydrogen) atoms. The molecule has 0 atom stereocenters. The van der Waals surface area contributed by atoms with Crippen LogP contribution in [0, 0.1) is 0 Å². The summed E-state index contributed by atoms with van der Waals surface area (Å²) in [6.07, 6.45) is 4.91. The molecule has 2 aromatic carbocycles. The summed E-state index contributed by atoms with van der Waals surface area (Å²) in [5.41, 5.74) is 2.48. The fourth-order valence-electron chi connectivity index (χ4n) is 2.80. The van der Waals surface area contributed by atoms with Crippen LogP contribution in [0.5, 0.6) is 5.75 Å². The Hall–Kier alpha value is -3.41. The van der Waals surface area contributed by atoms with Crippen LogP contribution in [0.3, 0.4) is 0 Å². The van der Waals surface area contributed by atoms with Gasteiger partial charge in [-0.2, -0.15) is 0 Å². The SMILES string of the molecule is CC(C)Oc1ccccc1Nc1ncc(C(=O)NCCCc2ccccc2)cn1. The van der Waals surface area contributed by atoms with Gasteiger partial charge in [0.25, 0.3) is 5.91 Å². The van der Waals surface area contributed by atoms with Crippen molar-refractivity contribution in [3.63, 3.8) is 0 Å². The third kappa shape index (κ3) is 6.31. The number of aryl methyl sites for hydroxylation is 1. The highest BCUT2D eigenvalue weighted by Gasteiger charge is 2.09. The number of hydrogen-bond acceptors (Lipinski definition) is 5. The number of para-hydroxylation sites is 2. The Morgan fingerprint density at radius 1 is 1.00 bits per heavy atom. The van der Waals surface area contributed by atoms with E-state index in [1.807, 2.05) is 56.3 Å². The summed E-state index contributed by atoms with van der Waals surface area (Å²) in [7, 11) is 0. The first-order valence-corrected chi connectivity index (χ1v) is 9.78. The molecule has 1 heterocycles. The maximum Gasteiger partial charge on any atom is 0.254 e. The van der Waals surface area contributed by atoms with Crippen molar-refractivity contribution >= 4 is 17.5 Å². The summed E-state index contributed by atoms with van der Waals surface area (Å²) in [4.78, 5) is 20.8. The third-order valence-electron chi connectivity index (χ3n) is 4.18. The Balaban J connectivity index is 1.51. The Labute approximate surface area is 171 Å². The van der Waals surface area contributed by atoms with Crippen molar-refractivity contribution in [1.82, 2.24) is 15.3 Å². The number of hydrogen-bond donors (Lipinski definition) is 2. The molecule has 0 fully saturated rings. The molecule has 0 aliphatic heterocycles. The van der Waals surface area contributed by atoms with Crippen LogP contribution in [0.2, 0.25) is 0 Å². The van der Waals surface area contributed by atoms with Gasteiger partial charge in [0.15, 0.2) is 0 Å². The zero-order valence-corrected chi connectivity index (χ0v) is 16.8. The quantitative estimate of drug-likeness (QED) is 0.531. The van der Waals surface area contributed by atoms with E-state index in [4.69, 9.17) is 4.74 Å². The van der Waals surface area contributed by atoms with Crippen LogP contribution in [0.25, 0.3) is 0 Å². The van der Waals surface area contributed by atoms with Crippen LogP contribution < -0.4 is 15.4 Å². The average molecular weight is 390 g/mol. The normalized spacial score (nSPS) is 10.6. The fraction of sp³-hybridized carbons (Fsp3) is 0.261. The molecular weight excluding hydrogens is 364 g/mol. The van der Waals surface area contributed by atoms with Crippen LogP contribution in [0.1, 0.15) is 36.2 Å². The maximum atomic E-state index is 12.3. The smallest absolute Gasteiger partial charge is 0.254 e. The van der Waals surface area contributed by atoms with Crippen molar-refractivity contribution in [2.75, 3.05) is 11.9 Å². The summed E-state index contributed by atoms with van der Waals surface area (Å²) in [6.45, 7) is 4.55. The van der Waals surface area contributed by atoms with Crippen molar-refractivity contribution in [2.24, 2.45) is 0 Å². The molecule has 1 amide bonds. The zero-order valence-electron chi connectivity index (χ0n) is 16.8. The topological polar surface area (TPSA) is 76.1 Å². The van der Waals surface area contributed by atoms with E-state index in [-0.39, 0.29) is 12.0 Å². The number of benzene rings is 2. The molecule has 3 rings (SSSR count). The van der Waals surface area contributed by atoms with Crippen LogP contribution in [0.15, 0.2) is 67.0 Å². The van der Waals surface area contributed by atoms with Crippen molar-refractivity contribution < 1.29 is 9.53 Å². The van der Waals surface area contributed by atoms with Crippen molar-refractivity contribution in [1.29, 1.82) is 0 Å². The number of carbonyl (C=O) groups is 1. The number of rotatable bonds is 9. The number of anilines is 2. The minimum atomic E-state index is -0.173. The highest BCUT2D eigenvalue weighted by atomic mass is 16.5. The number of nitrogens with one attached hydrogen (secondary N) is 2. The molecule has 0 aliphatic carbocycles. The number of carbonyl (C=O) groups excluding carboxylic acids is 1. The van der Waals surface area contributed by atoms with Gasteiger partial charge in [0.2, 0.25) is 5.95 Å². The number of ether oxygens (including phenoxy) is 1. The van der Waals surface area contributed by atoms with E-state index in [1.165, 1.54) is 18.0 Å². The molecule has 6 nitrogen and oxygen atoms in total. The lowest BCUT2D eigenvalue weighted by atomic mass is 10.1. The first-order valence-electron chi connectivity index (χ1n) is 9.78. The van der Waals surface area contributed by atoms with Gasteiger partial charge in [-0.05, 0) is 44.4 Å².